The predicted octanol–water partition coefficient (Wildman–Crippen LogP) is 3.21. The first kappa shape index (κ1) is 12.5. The third-order valence-electron chi connectivity index (χ3n) is 3.53. The van der Waals surface area contributed by atoms with Gasteiger partial charge in [0.2, 0.25) is 0 Å². The predicted molar refractivity (Wildman–Crippen MR) is 76.0 cm³/mol. The summed E-state index contributed by atoms with van der Waals surface area (Å²) in [5.74, 6) is 1.10. The summed E-state index contributed by atoms with van der Waals surface area (Å²) >= 11 is 1.93. The average Bonchev–Trinajstić information content (AvgIpc) is 3.09. The number of hydrogen-bond donors (Lipinski definition) is 1. The highest BCUT2D eigenvalue weighted by atomic mass is 32.2. The zero-order valence-corrected chi connectivity index (χ0v) is 11.5. The lowest BCUT2D eigenvalue weighted by atomic mass is 10.2. The van der Waals surface area contributed by atoms with Crippen molar-refractivity contribution in [3.8, 4) is 0 Å². The summed E-state index contributed by atoms with van der Waals surface area (Å²) in [6.07, 6.45) is 5.65. The van der Waals surface area contributed by atoms with Gasteiger partial charge in [-0.05, 0) is 43.4 Å². The fourth-order valence-corrected chi connectivity index (χ4v) is 3.31. The summed E-state index contributed by atoms with van der Waals surface area (Å²) in [6.45, 7) is 1.97. The van der Waals surface area contributed by atoms with E-state index in [1.54, 1.807) is 0 Å². The van der Waals surface area contributed by atoms with Crippen molar-refractivity contribution in [2.75, 3.05) is 12.4 Å². The average molecular weight is 263 g/mol. The van der Waals surface area contributed by atoms with E-state index in [1.807, 2.05) is 11.8 Å². The molecule has 1 heterocycles. The smallest absolute Gasteiger partial charge is 0.0669 e. The molecule has 1 atom stereocenters. The Hall–Kier alpha value is -0.510. The minimum atomic E-state index is 0.475. The monoisotopic (exact) mass is 263 g/mol. The van der Waals surface area contributed by atoms with Crippen LogP contribution in [0.3, 0.4) is 0 Å². The van der Waals surface area contributed by atoms with Crippen molar-refractivity contribution in [3.05, 3.63) is 29.8 Å². The van der Waals surface area contributed by atoms with Gasteiger partial charge in [-0.1, -0.05) is 12.1 Å². The molecule has 1 N–H and O–H groups in total. The molecular weight excluding hydrogens is 242 g/mol. The van der Waals surface area contributed by atoms with Crippen LogP contribution in [0.25, 0.3) is 0 Å². The molecule has 1 aliphatic heterocycles. The Balaban J connectivity index is 1.49. The number of ether oxygens (including phenoxy) is 1. The van der Waals surface area contributed by atoms with Crippen LogP contribution in [0.15, 0.2) is 29.2 Å². The van der Waals surface area contributed by atoms with E-state index in [-0.39, 0.29) is 0 Å². The molecular formula is C15H21NOS. The van der Waals surface area contributed by atoms with Gasteiger partial charge < -0.3 is 10.1 Å². The number of thioether (sulfide) groups is 1. The van der Waals surface area contributed by atoms with E-state index in [1.165, 1.54) is 36.1 Å². The van der Waals surface area contributed by atoms with Gasteiger partial charge in [-0.25, -0.2) is 0 Å². The standard InChI is InChI=1S/C15H21NOS/c1-3-12(10-16-13-6-7-13)9-15(5-1)18-11-14-4-2-8-17-14/h1,3,5,9,13-14,16H,2,4,6-8,10-11H2. The van der Waals surface area contributed by atoms with Gasteiger partial charge in [-0.15, -0.1) is 11.8 Å². The Labute approximate surface area is 113 Å². The van der Waals surface area contributed by atoms with E-state index < -0.39 is 0 Å². The molecule has 0 amide bonds. The maximum absolute atomic E-state index is 5.66. The van der Waals surface area contributed by atoms with E-state index in [4.69, 9.17) is 4.74 Å². The van der Waals surface area contributed by atoms with Gasteiger partial charge in [0.15, 0.2) is 0 Å². The number of benzene rings is 1. The largest absolute Gasteiger partial charge is 0.377 e. The molecule has 0 aromatic heterocycles. The molecule has 18 heavy (non-hydrogen) atoms. The molecule has 0 spiro atoms. The molecule has 0 radical (unpaired) electrons. The van der Waals surface area contributed by atoms with Crippen molar-refractivity contribution in [3.63, 3.8) is 0 Å². The number of nitrogens with one attached hydrogen (secondary N) is 1. The molecule has 1 aromatic rings. The molecule has 98 valence electrons. The maximum atomic E-state index is 5.66. The van der Waals surface area contributed by atoms with Gasteiger partial charge in [0.1, 0.15) is 0 Å². The zero-order valence-electron chi connectivity index (χ0n) is 10.7. The first-order chi connectivity index (χ1) is 8.90. The second-order valence-electron chi connectivity index (χ2n) is 5.25. The normalized spacial score (nSPS) is 23.4. The molecule has 1 unspecified atom stereocenters. The first-order valence-electron chi connectivity index (χ1n) is 6.97. The highest BCUT2D eigenvalue weighted by molar-refractivity contribution is 7.99. The van der Waals surface area contributed by atoms with E-state index in [0.717, 1.165) is 24.9 Å². The van der Waals surface area contributed by atoms with Crippen LogP contribution >= 0.6 is 11.8 Å². The Bertz CT molecular complexity index is 386. The minimum Gasteiger partial charge on any atom is -0.377 e. The summed E-state index contributed by atoms with van der Waals surface area (Å²) < 4.78 is 5.66. The molecule has 1 saturated carbocycles. The minimum absolute atomic E-state index is 0.475. The third-order valence-corrected chi connectivity index (χ3v) is 4.66. The lowest BCUT2D eigenvalue weighted by molar-refractivity contribution is 0.129. The van der Waals surface area contributed by atoms with Crippen molar-refractivity contribution in [2.45, 2.75) is 49.3 Å². The second-order valence-corrected chi connectivity index (χ2v) is 6.34. The van der Waals surface area contributed by atoms with Crippen LogP contribution in [0.5, 0.6) is 0 Å². The molecule has 1 aliphatic carbocycles. The van der Waals surface area contributed by atoms with Gasteiger partial charge in [0, 0.05) is 29.8 Å². The van der Waals surface area contributed by atoms with E-state index in [2.05, 4.69) is 29.6 Å². The molecule has 1 saturated heterocycles. The zero-order chi connectivity index (χ0) is 12.2. The second kappa shape index (κ2) is 6.09. The summed E-state index contributed by atoms with van der Waals surface area (Å²) in [7, 11) is 0. The van der Waals surface area contributed by atoms with Crippen LogP contribution in [-0.4, -0.2) is 24.5 Å². The molecule has 3 heteroatoms. The maximum Gasteiger partial charge on any atom is 0.0669 e. The number of hydrogen-bond acceptors (Lipinski definition) is 3. The fourth-order valence-electron chi connectivity index (χ4n) is 2.26. The highest BCUT2D eigenvalue weighted by Crippen LogP contribution is 2.25. The van der Waals surface area contributed by atoms with Crippen molar-refractivity contribution in [1.82, 2.24) is 5.32 Å². The van der Waals surface area contributed by atoms with Gasteiger partial charge in [0.05, 0.1) is 6.10 Å². The topological polar surface area (TPSA) is 21.3 Å². The van der Waals surface area contributed by atoms with Crippen LogP contribution in [-0.2, 0) is 11.3 Å². The van der Waals surface area contributed by atoms with Gasteiger partial charge in [-0.2, -0.15) is 0 Å². The van der Waals surface area contributed by atoms with Crippen molar-refractivity contribution < 1.29 is 4.74 Å². The summed E-state index contributed by atoms with van der Waals surface area (Å²) in [5, 5.41) is 3.56. The summed E-state index contributed by atoms with van der Waals surface area (Å²) in [6, 6.07) is 9.69. The quantitative estimate of drug-likeness (QED) is 0.796. The summed E-state index contributed by atoms with van der Waals surface area (Å²) in [4.78, 5) is 1.38. The Morgan fingerprint density at radius 1 is 1.28 bits per heavy atom. The molecule has 1 aromatic carbocycles. The highest BCUT2D eigenvalue weighted by Gasteiger charge is 2.20. The number of rotatable bonds is 6. The van der Waals surface area contributed by atoms with E-state index >= 15 is 0 Å². The molecule has 2 aliphatic rings. The van der Waals surface area contributed by atoms with Crippen molar-refractivity contribution in [2.24, 2.45) is 0 Å². The van der Waals surface area contributed by atoms with E-state index in [0.29, 0.717) is 6.10 Å². The van der Waals surface area contributed by atoms with Crippen LogP contribution in [0, 0.1) is 0 Å². The van der Waals surface area contributed by atoms with Gasteiger partial charge in [0.25, 0.3) is 0 Å². The fraction of sp³-hybridized carbons (Fsp3) is 0.600. The first-order valence-corrected chi connectivity index (χ1v) is 7.95. The van der Waals surface area contributed by atoms with Crippen LogP contribution < -0.4 is 5.32 Å². The molecule has 0 bridgehead atoms. The van der Waals surface area contributed by atoms with Crippen molar-refractivity contribution >= 4 is 11.8 Å². The molecule has 3 rings (SSSR count). The van der Waals surface area contributed by atoms with Gasteiger partial charge >= 0.3 is 0 Å². The summed E-state index contributed by atoms with van der Waals surface area (Å²) in [5.41, 5.74) is 1.40. The third kappa shape index (κ3) is 3.74. The molecule has 2 fully saturated rings. The SMILES string of the molecule is c1cc(CNC2CC2)cc(SCC2CCCO2)c1. The van der Waals surface area contributed by atoms with Crippen molar-refractivity contribution in [1.29, 1.82) is 0 Å². The Kier molecular flexibility index (Phi) is 4.24. The van der Waals surface area contributed by atoms with Crippen LogP contribution in [0.2, 0.25) is 0 Å². The molecule has 2 nitrogen and oxygen atoms in total. The van der Waals surface area contributed by atoms with Crippen LogP contribution in [0.4, 0.5) is 0 Å². The Morgan fingerprint density at radius 3 is 3.00 bits per heavy atom. The van der Waals surface area contributed by atoms with Crippen LogP contribution in [0.1, 0.15) is 31.2 Å². The lowest BCUT2D eigenvalue weighted by Crippen LogP contribution is -2.15. The van der Waals surface area contributed by atoms with Gasteiger partial charge in [-0.3, -0.25) is 0 Å². The lowest BCUT2D eigenvalue weighted by Gasteiger charge is -2.10. The van der Waals surface area contributed by atoms with E-state index in [9.17, 15) is 0 Å². The Morgan fingerprint density at radius 2 is 2.22 bits per heavy atom.